The van der Waals surface area contributed by atoms with Crippen molar-refractivity contribution in [1.82, 2.24) is 9.88 Å². The number of benzene rings is 3. The molecular formula is C24H25N3. The molecule has 1 aromatic heterocycles. The molecule has 0 aliphatic carbocycles. The van der Waals surface area contributed by atoms with Crippen LogP contribution in [0, 0.1) is 0 Å². The molecule has 0 unspecified atom stereocenters. The fourth-order valence-corrected chi connectivity index (χ4v) is 3.44. The number of hydrogen-bond donors (Lipinski definition) is 1. The molecule has 3 heteroatoms. The third-order valence-electron chi connectivity index (χ3n) is 4.86. The molecule has 0 fully saturated rings. The Hall–Kier alpha value is -2.91. The van der Waals surface area contributed by atoms with E-state index in [0.29, 0.717) is 0 Å². The summed E-state index contributed by atoms with van der Waals surface area (Å²) in [6.07, 6.45) is 1.11. The highest BCUT2D eigenvalue weighted by atomic mass is 15.1. The summed E-state index contributed by atoms with van der Waals surface area (Å²) in [6.45, 7) is 2.02. The van der Waals surface area contributed by atoms with Crippen molar-refractivity contribution in [2.75, 3.05) is 32.5 Å². The Balaban J connectivity index is 1.71. The van der Waals surface area contributed by atoms with Crippen LogP contribution in [-0.2, 0) is 0 Å². The van der Waals surface area contributed by atoms with Crippen LogP contribution in [0.2, 0.25) is 0 Å². The molecule has 0 saturated heterocycles. The summed E-state index contributed by atoms with van der Waals surface area (Å²) in [5.74, 6) is 0. The third kappa shape index (κ3) is 3.93. The molecule has 3 aromatic carbocycles. The second-order valence-electron chi connectivity index (χ2n) is 7.22. The van der Waals surface area contributed by atoms with Gasteiger partial charge in [-0.15, -0.1) is 0 Å². The molecule has 27 heavy (non-hydrogen) atoms. The zero-order valence-electron chi connectivity index (χ0n) is 15.9. The summed E-state index contributed by atoms with van der Waals surface area (Å²) >= 11 is 0. The van der Waals surface area contributed by atoms with Gasteiger partial charge in [-0.2, -0.15) is 0 Å². The van der Waals surface area contributed by atoms with E-state index in [1.807, 2.05) is 0 Å². The van der Waals surface area contributed by atoms with Crippen LogP contribution >= 0.6 is 0 Å². The zero-order valence-corrected chi connectivity index (χ0v) is 15.9. The molecule has 136 valence electrons. The first-order valence-corrected chi connectivity index (χ1v) is 9.48. The molecule has 0 saturated carbocycles. The quantitative estimate of drug-likeness (QED) is 0.468. The predicted octanol–water partition coefficient (Wildman–Crippen LogP) is 5.42. The number of fused-ring (bicyclic) bond motifs is 2. The van der Waals surface area contributed by atoms with Gasteiger partial charge in [0.15, 0.2) is 0 Å². The summed E-state index contributed by atoms with van der Waals surface area (Å²) in [6, 6.07) is 25.5. The van der Waals surface area contributed by atoms with Crippen LogP contribution in [0.3, 0.4) is 0 Å². The van der Waals surface area contributed by atoms with E-state index >= 15 is 0 Å². The van der Waals surface area contributed by atoms with Gasteiger partial charge < -0.3 is 10.2 Å². The monoisotopic (exact) mass is 355 g/mol. The minimum atomic E-state index is 0.948. The van der Waals surface area contributed by atoms with Gasteiger partial charge in [-0.1, -0.05) is 54.6 Å². The van der Waals surface area contributed by atoms with Crippen molar-refractivity contribution in [2.24, 2.45) is 0 Å². The fraction of sp³-hybridized carbons (Fsp3) is 0.208. The zero-order chi connectivity index (χ0) is 18.6. The van der Waals surface area contributed by atoms with E-state index in [1.165, 1.54) is 16.2 Å². The summed E-state index contributed by atoms with van der Waals surface area (Å²) in [5.41, 5.74) is 4.34. The van der Waals surface area contributed by atoms with Crippen LogP contribution in [0.15, 0.2) is 72.8 Å². The molecule has 0 atom stereocenters. The molecule has 0 aliphatic heterocycles. The first-order valence-electron chi connectivity index (χ1n) is 9.48. The Bertz CT molecular complexity index is 1070. The molecule has 0 amide bonds. The van der Waals surface area contributed by atoms with Crippen molar-refractivity contribution in [2.45, 2.75) is 6.42 Å². The summed E-state index contributed by atoms with van der Waals surface area (Å²) in [4.78, 5) is 7.14. The van der Waals surface area contributed by atoms with Crippen LogP contribution in [-0.4, -0.2) is 37.1 Å². The van der Waals surface area contributed by atoms with Gasteiger partial charge in [-0.3, -0.25) is 0 Å². The minimum absolute atomic E-state index is 0.948. The number of rotatable bonds is 6. The van der Waals surface area contributed by atoms with Gasteiger partial charge in [0.05, 0.1) is 11.2 Å². The Morgan fingerprint density at radius 1 is 0.852 bits per heavy atom. The molecule has 3 nitrogen and oxygen atoms in total. The van der Waals surface area contributed by atoms with Gasteiger partial charge in [0.2, 0.25) is 0 Å². The van der Waals surface area contributed by atoms with Crippen LogP contribution in [0.25, 0.3) is 32.9 Å². The van der Waals surface area contributed by atoms with Gasteiger partial charge in [-0.05, 0) is 56.0 Å². The molecule has 4 aromatic rings. The number of aromatic nitrogens is 1. The van der Waals surface area contributed by atoms with E-state index in [-0.39, 0.29) is 0 Å². The SMILES string of the molecule is CN(C)CCCNc1cc(-c2ccc3ccccc3c2)nc2ccccc12. The second kappa shape index (κ2) is 7.77. The molecule has 4 rings (SSSR count). The standard InChI is InChI=1S/C24H25N3/c1-27(2)15-7-14-25-24-17-23(26-22-11-6-5-10-21(22)24)20-13-12-18-8-3-4-9-19(18)16-20/h3-6,8-13,16-17H,7,14-15H2,1-2H3,(H,25,26). The van der Waals surface area contributed by atoms with Crippen molar-refractivity contribution in [3.63, 3.8) is 0 Å². The number of anilines is 1. The van der Waals surface area contributed by atoms with E-state index in [1.54, 1.807) is 0 Å². The minimum Gasteiger partial charge on any atom is -0.384 e. The van der Waals surface area contributed by atoms with E-state index in [4.69, 9.17) is 4.98 Å². The molecule has 0 radical (unpaired) electrons. The summed E-state index contributed by atoms with van der Waals surface area (Å²) in [7, 11) is 4.22. The second-order valence-corrected chi connectivity index (χ2v) is 7.22. The average Bonchev–Trinajstić information content (AvgIpc) is 2.70. The first kappa shape index (κ1) is 17.5. The lowest BCUT2D eigenvalue weighted by molar-refractivity contribution is 0.405. The Kier molecular flexibility index (Phi) is 5.03. The van der Waals surface area contributed by atoms with Crippen molar-refractivity contribution in [3.05, 3.63) is 72.8 Å². The summed E-state index contributed by atoms with van der Waals surface area (Å²) < 4.78 is 0. The third-order valence-corrected chi connectivity index (χ3v) is 4.86. The molecule has 1 heterocycles. The predicted molar refractivity (Wildman–Crippen MR) is 116 cm³/mol. The molecule has 1 N–H and O–H groups in total. The molecule has 0 spiro atoms. The number of pyridine rings is 1. The number of nitrogens with zero attached hydrogens (tertiary/aromatic N) is 2. The van der Waals surface area contributed by atoms with Crippen LogP contribution in [0.5, 0.6) is 0 Å². The maximum Gasteiger partial charge on any atom is 0.0730 e. The van der Waals surface area contributed by atoms with Gasteiger partial charge in [0.1, 0.15) is 0 Å². The van der Waals surface area contributed by atoms with Crippen molar-refractivity contribution < 1.29 is 0 Å². The molecule has 0 bridgehead atoms. The summed E-state index contributed by atoms with van der Waals surface area (Å²) in [5, 5.41) is 7.29. The largest absolute Gasteiger partial charge is 0.384 e. The lowest BCUT2D eigenvalue weighted by Gasteiger charge is -2.14. The normalized spacial score (nSPS) is 11.4. The topological polar surface area (TPSA) is 28.2 Å². The molecule has 0 aliphatic rings. The lowest BCUT2D eigenvalue weighted by Crippen LogP contribution is -2.16. The Labute approximate surface area is 160 Å². The van der Waals surface area contributed by atoms with Crippen LogP contribution in [0.4, 0.5) is 5.69 Å². The highest BCUT2D eigenvalue weighted by Gasteiger charge is 2.08. The van der Waals surface area contributed by atoms with Gasteiger partial charge >= 0.3 is 0 Å². The van der Waals surface area contributed by atoms with Crippen molar-refractivity contribution in [3.8, 4) is 11.3 Å². The van der Waals surface area contributed by atoms with E-state index in [9.17, 15) is 0 Å². The van der Waals surface area contributed by atoms with Crippen molar-refractivity contribution in [1.29, 1.82) is 0 Å². The number of nitrogens with one attached hydrogen (secondary N) is 1. The van der Waals surface area contributed by atoms with Gasteiger partial charge in [-0.25, -0.2) is 4.98 Å². The smallest absolute Gasteiger partial charge is 0.0730 e. The van der Waals surface area contributed by atoms with Crippen LogP contribution in [0.1, 0.15) is 6.42 Å². The highest BCUT2D eigenvalue weighted by Crippen LogP contribution is 2.30. The first-order chi connectivity index (χ1) is 13.2. The number of para-hydroxylation sites is 1. The lowest BCUT2D eigenvalue weighted by atomic mass is 10.0. The van der Waals surface area contributed by atoms with Gasteiger partial charge in [0, 0.05) is 23.2 Å². The van der Waals surface area contributed by atoms with Gasteiger partial charge in [0.25, 0.3) is 0 Å². The molecular weight excluding hydrogens is 330 g/mol. The Morgan fingerprint density at radius 3 is 2.48 bits per heavy atom. The number of hydrogen-bond acceptors (Lipinski definition) is 3. The van der Waals surface area contributed by atoms with Crippen LogP contribution < -0.4 is 5.32 Å². The Morgan fingerprint density at radius 2 is 1.63 bits per heavy atom. The van der Waals surface area contributed by atoms with E-state index in [0.717, 1.165) is 42.0 Å². The highest BCUT2D eigenvalue weighted by molar-refractivity contribution is 5.95. The maximum atomic E-state index is 4.92. The fourth-order valence-electron chi connectivity index (χ4n) is 3.44. The van der Waals surface area contributed by atoms with Crippen molar-refractivity contribution >= 4 is 27.4 Å². The average molecular weight is 355 g/mol. The maximum absolute atomic E-state index is 4.92. The van der Waals surface area contributed by atoms with E-state index < -0.39 is 0 Å². The van der Waals surface area contributed by atoms with E-state index in [2.05, 4.69) is 97.1 Å².